The number of likely N-dealkylation sites (N-methyl/N-ethyl adjacent to an activating group) is 1. The van der Waals surface area contributed by atoms with Crippen LogP contribution in [0.25, 0.3) is 0 Å². The van der Waals surface area contributed by atoms with Crippen LogP contribution in [0, 0.1) is 0 Å². The number of aromatic nitrogens is 1. The van der Waals surface area contributed by atoms with Gasteiger partial charge in [-0.15, -0.1) is 0 Å². The van der Waals surface area contributed by atoms with Crippen molar-refractivity contribution in [2.45, 2.75) is 19.8 Å². The van der Waals surface area contributed by atoms with E-state index in [0.29, 0.717) is 13.1 Å². The van der Waals surface area contributed by atoms with Gasteiger partial charge in [0, 0.05) is 31.9 Å². The Hall–Kier alpha value is -1.42. The Kier molecular flexibility index (Phi) is 6.25. The molecule has 0 aromatic carbocycles. The molecule has 94 valence electrons. The average Bonchev–Trinajstić information content (AvgIpc) is 2.37. The van der Waals surface area contributed by atoms with Gasteiger partial charge in [0.05, 0.1) is 6.54 Å². The molecule has 0 unspecified atom stereocenters. The molecule has 1 aromatic heterocycles. The van der Waals surface area contributed by atoms with Gasteiger partial charge in [0.25, 0.3) is 0 Å². The number of nitrogens with one attached hydrogen (secondary N) is 1. The van der Waals surface area contributed by atoms with Gasteiger partial charge in [-0.05, 0) is 25.1 Å². The summed E-state index contributed by atoms with van der Waals surface area (Å²) in [5.41, 5.74) is 1.02. The molecule has 0 fully saturated rings. The highest BCUT2D eigenvalue weighted by Crippen LogP contribution is 1.96. The van der Waals surface area contributed by atoms with Gasteiger partial charge in [-0.2, -0.15) is 0 Å². The van der Waals surface area contributed by atoms with E-state index in [1.54, 1.807) is 11.1 Å². The van der Waals surface area contributed by atoms with Crippen molar-refractivity contribution in [2.75, 3.05) is 26.7 Å². The van der Waals surface area contributed by atoms with Crippen molar-refractivity contribution in [3.63, 3.8) is 0 Å². The summed E-state index contributed by atoms with van der Waals surface area (Å²) >= 11 is 0. The number of carbonyl (C=O) groups is 1. The van der Waals surface area contributed by atoms with E-state index in [0.717, 1.165) is 25.1 Å². The van der Waals surface area contributed by atoms with Crippen LogP contribution in [0.2, 0.25) is 0 Å². The zero-order valence-corrected chi connectivity index (χ0v) is 10.6. The second-order valence-corrected chi connectivity index (χ2v) is 4.06. The van der Waals surface area contributed by atoms with Crippen LogP contribution >= 0.6 is 0 Å². The van der Waals surface area contributed by atoms with Crippen molar-refractivity contribution in [3.8, 4) is 0 Å². The molecule has 0 saturated carbocycles. The van der Waals surface area contributed by atoms with Gasteiger partial charge in [-0.25, -0.2) is 0 Å². The fraction of sp³-hybridized carbons (Fsp3) is 0.538. The standard InChI is InChI=1S/C13H21N3O/c1-3-8-14-11-13(17)16(2)10-7-12-6-4-5-9-15-12/h4-6,9,14H,3,7-8,10-11H2,1-2H3. The van der Waals surface area contributed by atoms with Gasteiger partial charge < -0.3 is 10.2 Å². The maximum Gasteiger partial charge on any atom is 0.236 e. The first-order valence-corrected chi connectivity index (χ1v) is 6.08. The lowest BCUT2D eigenvalue weighted by atomic mass is 10.2. The third kappa shape index (κ3) is 5.45. The van der Waals surface area contributed by atoms with E-state index in [-0.39, 0.29) is 5.91 Å². The summed E-state index contributed by atoms with van der Waals surface area (Å²) in [5.74, 6) is 0.134. The van der Waals surface area contributed by atoms with Crippen LogP contribution in [-0.4, -0.2) is 42.5 Å². The molecule has 1 rings (SSSR count). The Morgan fingerprint density at radius 2 is 2.29 bits per heavy atom. The summed E-state index contributed by atoms with van der Waals surface area (Å²) in [4.78, 5) is 17.7. The molecule has 0 aliphatic heterocycles. The normalized spacial score (nSPS) is 10.2. The molecule has 0 saturated heterocycles. The Morgan fingerprint density at radius 3 is 2.94 bits per heavy atom. The number of hydrogen-bond acceptors (Lipinski definition) is 3. The molecule has 0 atom stereocenters. The molecule has 0 spiro atoms. The van der Waals surface area contributed by atoms with Crippen molar-refractivity contribution in [2.24, 2.45) is 0 Å². The largest absolute Gasteiger partial charge is 0.344 e. The fourth-order valence-corrected chi connectivity index (χ4v) is 1.46. The van der Waals surface area contributed by atoms with E-state index in [1.807, 2.05) is 25.2 Å². The van der Waals surface area contributed by atoms with E-state index < -0.39 is 0 Å². The second kappa shape index (κ2) is 7.79. The van der Waals surface area contributed by atoms with E-state index >= 15 is 0 Å². The molecule has 1 aromatic rings. The number of carbonyl (C=O) groups excluding carboxylic acids is 1. The molecule has 0 bridgehead atoms. The highest BCUT2D eigenvalue weighted by molar-refractivity contribution is 5.77. The summed E-state index contributed by atoms with van der Waals surface area (Å²) < 4.78 is 0. The van der Waals surface area contributed by atoms with E-state index in [2.05, 4.69) is 17.2 Å². The van der Waals surface area contributed by atoms with E-state index in [4.69, 9.17) is 0 Å². The summed E-state index contributed by atoms with van der Waals surface area (Å²) in [5, 5.41) is 3.11. The van der Waals surface area contributed by atoms with Crippen LogP contribution in [0.15, 0.2) is 24.4 Å². The van der Waals surface area contributed by atoms with Crippen LogP contribution < -0.4 is 5.32 Å². The number of rotatable bonds is 7. The number of hydrogen-bond donors (Lipinski definition) is 1. The van der Waals surface area contributed by atoms with Gasteiger partial charge in [-0.1, -0.05) is 13.0 Å². The first-order chi connectivity index (χ1) is 8.24. The molecule has 1 heterocycles. The van der Waals surface area contributed by atoms with Crippen LogP contribution in [0.5, 0.6) is 0 Å². The minimum Gasteiger partial charge on any atom is -0.344 e. The first-order valence-electron chi connectivity index (χ1n) is 6.08. The zero-order valence-electron chi connectivity index (χ0n) is 10.6. The molecule has 0 aliphatic carbocycles. The van der Waals surface area contributed by atoms with Crippen LogP contribution in [-0.2, 0) is 11.2 Å². The molecule has 0 radical (unpaired) electrons. The lowest BCUT2D eigenvalue weighted by Crippen LogP contribution is -2.36. The van der Waals surface area contributed by atoms with Gasteiger partial charge in [-0.3, -0.25) is 9.78 Å². The Labute approximate surface area is 103 Å². The van der Waals surface area contributed by atoms with Crippen molar-refractivity contribution in [1.82, 2.24) is 15.2 Å². The predicted octanol–water partition coefficient (Wildman–Crippen LogP) is 1.08. The van der Waals surface area contributed by atoms with Crippen LogP contribution in [0.1, 0.15) is 19.0 Å². The molecule has 1 amide bonds. The van der Waals surface area contributed by atoms with Crippen LogP contribution in [0.4, 0.5) is 0 Å². The number of amides is 1. The van der Waals surface area contributed by atoms with Gasteiger partial charge in [0.15, 0.2) is 0 Å². The first kappa shape index (κ1) is 13.6. The minimum absolute atomic E-state index is 0.134. The Morgan fingerprint density at radius 1 is 1.47 bits per heavy atom. The van der Waals surface area contributed by atoms with E-state index in [9.17, 15) is 4.79 Å². The molecule has 4 nitrogen and oxygen atoms in total. The lowest BCUT2D eigenvalue weighted by Gasteiger charge is -2.17. The van der Waals surface area contributed by atoms with Gasteiger partial charge >= 0.3 is 0 Å². The predicted molar refractivity (Wildman–Crippen MR) is 68.7 cm³/mol. The van der Waals surface area contributed by atoms with Gasteiger partial charge in [0.1, 0.15) is 0 Å². The summed E-state index contributed by atoms with van der Waals surface area (Å²) in [6.07, 6.45) is 3.63. The van der Waals surface area contributed by atoms with Crippen molar-refractivity contribution in [1.29, 1.82) is 0 Å². The Balaban J connectivity index is 2.24. The maximum absolute atomic E-state index is 11.7. The highest BCUT2D eigenvalue weighted by atomic mass is 16.2. The smallest absolute Gasteiger partial charge is 0.236 e. The SMILES string of the molecule is CCCNCC(=O)N(C)CCc1ccccn1. The number of nitrogens with zero attached hydrogens (tertiary/aromatic N) is 2. The topological polar surface area (TPSA) is 45.2 Å². The summed E-state index contributed by atoms with van der Waals surface area (Å²) in [6.45, 7) is 4.11. The third-order valence-electron chi connectivity index (χ3n) is 2.56. The fourth-order valence-electron chi connectivity index (χ4n) is 1.46. The highest BCUT2D eigenvalue weighted by Gasteiger charge is 2.07. The monoisotopic (exact) mass is 235 g/mol. The second-order valence-electron chi connectivity index (χ2n) is 4.06. The number of pyridine rings is 1. The quantitative estimate of drug-likeness (QED) is 0.719. The maximum atomic E-state index is 11.7. The molecular weight excluding hydrogens is 214 g/mol. The molecule has 17 heavy (non-hydrogen) atoms. The molecular formula is C13H21N3O. The average molecular weight is 235 g/mol. The minimum atomic E-state index is 0.134. The summed E-state index contributed by atoms with van der Waals surface area (Å²) in [6, 6.07) is 5.84. The Bertz CT molecular complexity index is 327. The lowest BCUT2D eigenvalue weighted by molar-refractivity contribution is -0.128. The van der Waals surface area contributed by atoms with Crippen molar-refractivity contribution < 1.29 is 4.79 Å². The van der Waals surface area contributed by atoms with Crippen molar-refractivity contribution >= 4 is 5.91 Å². The van der Waals surface area contributed by atoms with E-state index in [1.165, 1.54) is 0 Å². The summed E-state index contributed by atoms with van der Waals surface area (Å²) in [7, 11) is 1.83. The molecule has 0 aliphatic rings. The van der Waals surface area contributed by atoms with Crippen molar-refractivity contribution in [3.05, 3.63) is 30.1 Å². The molecule has 1 N–H and O–H groups in total. The van der Waals surface area contributed by atoms with Crippen LogP contribution in [0.3, 0.4) is 0 Å². The van der Waals surface area contributed by atoms with Gasteiger partial charge in [0.2, 0.25) is 5.91 Å². The molecule has 4 heteroatoms. The third-order valence-corrected chi connectivity index (χ3v) is 2.56. The zero-order chi connectivity index (χ0) is 12.5.